The Balaban J connectivity index is 1.94. The Hall–Kier alpha value is -1.06. The zero-order valence-electron chi connectivity index (χ0n) is 8.15. The largest absolute Gasteiger partial charge is 0.377 e. The van der Waals surface area contributed by atoms with Gasteiger partial charge in [-0.15, -0.1) is 11.6 Å². The van der Waals surface area contributed by atoms with E-state index < -0.39 is 5.38 Å². The number of amides is 1. The van der Waals surface area contributed by atoms with Gasteiger partial charge in [0.15, 0.2) is 0 Å². The molecule has 1 N–H and O–H groups in total. The maximum Gasteiger partial charge on any atom is 0.242 e. The Morgan fingerprint density at radius 2 is 2.07 bits per heavy atom. The lowest BCUT2D eigenvalue weighted by Gasteiger charge is -2.27. The van der Waals surface area contributed by atoms with Gasteiger partial charge < -0.3 is 10.1 Å². The highest BCUT2D eigenvalue weighted by Crippen LogP contribution is 2.20. The SMILES string of the molecule is O=C(NC1COC1)C(Cl)c1ccccc1. The van der Waals surface area contributed by atoms with Crippen molar-refractivity contribution in [2.75, 3.05) is 13.2 Å². The summed E-state index contributed by atoms with van der Waals surface area (Å²) in [6, 6.07) is 9.44. The van der Waals surface area contributed by atoms with Gasteiger partial charge in [-0.05, 0) is 5.56 Å². The van der Waals surface area contributed by atoms with E-state index in [4.69, 9.17) is 16.3 Å². The normalized spacial score (nSPS) is 17.9. The quantitative estimate of drug-likeness (QED) is 0.792. The van der Waals surface area contributed by atoms with E-state index in [1.165, 1.54) is 0 Å². The summed E-state index contributed by atoms with van der Waals surface area (Å²) in [7, 11) is 0. The molecule has 1 atom stereocenters. The van der Waals surface area contributed by atoms with E-state index in [2.05, 4.69) is 5.32 Å². The Bertz CT molecular complexity index is 338. The van der Waals surface area contributed by atoms with Crippen molar-refractivity contribution in [3.63, 3.8) is 0 Å². The van der Waals surface area contributed by atoms with Crippen LogP contribution in [0, 0.1) is 0 Å². The van der Waals surface area contributed by atoms with Crippen molar-refractivity contribution >= 4 is 17.5 Å². The van der Waals surface area contributed by atoms with Crippen molar-refractivity contribution in [3.05, 3.63) is 35.9 Å². The zero-order valence-corrected chi connectivity index (χ0v) is 8.91. The molecule has 2 rings (SSSR count). The molecule has 4 heteroatoms. The second-order valence-electron chi connectivity index (χ2n) is 3.52. The third kappa shape index (κ3) is 2.49. The minimum atomic E-state index is -0.619. The van der Waals surface area contributed by atoms with Crippen molar-refractivity contribution in [2.24, 2.45) is 0 Å². The van der Waals surface area contributed by atoms with Crippen LogP contribution in [0.15, 0.2) is 30.3 Å². The number of ether oxygens (including phenoxy) is 1. The van der Waals surface area contributed by atoms with Gasteiger partial charge >= 0.3 is 0 Å². The molecule has 1 fully saturated rings. The number of alkyl halides is 1. The number of hydrogen-bond donors (Lipinski definition) is 1. The zero-order chi connectivity index (χ0) is 10.7. The standard InChI is InChI=1S/C11H12ClNO2/c12-10(8-4-2-1-3-5-8)11(14)13-9-6-15-7-9/h1-5,9-10H,6-7H2,(H,13,14). The summed E-state index contributed by atoms with van der Waals surface area (Å²) < 4.78 is 4.96. The highest BCUT2D eigenvalue weighted by atomic mass is 35.5. The minimum absolute atomic E-state index is 0.127. The molecule has 15 heavy (non-hydrogen) atoms. The fourth-order valence-electron chi connectivity index (χ4n) is 1.37. The van der Waals surface area contributed by atoms with E-state index in [1.54, 1.807) is 0 Å². The number of benzene rings is 1. The molecule has 0 bridgehead atoms. The average molecular weight is 226 g/mol. The average Bonchev–Trinajstić information content (AvgIpc) is 2.23. The number of hydrogen-bond acceptors (Lipinski definition) is 2. The van der Waals surface area contributed by atoms with Crippen LogP contribution < -0.4 is 5.32 Å². The van der Waals surface area contributed by atoms with Gasteiger partial charge in [0.25, 0.3) is 0 Å². The first-order valence-electron chi connectivity index (χ1n) is 4.84. The van der Waals surface area contributed by atoms with Crippen LogP contribution >= 0.6 is 11.6 Å². The minimum Gasteiger partial charge on any atom is -0.377 e. The second kappa shape index (κ2) is 4.64. The van der Waals surface area contributed by atoms with Crippen LogP contribution in [0.4, 0.5) is 0 Å². The van der Waals surface area contributed by atoms with Crippen molar-refractivity contribution < 1.29 is 9.53 Å². The van der Waals surface area contributed by atoms with Gasteiger partial charge in [-0.2, -0.15) is 0 Å². The number of carbonyl (C=O) groups excluding carboxylic acids is 1. The molecule has 80 valence electrons. The summed E-state index contributed by atoms with van der Waals surface area (Å²) in [6.45, 7) is 1.17. The van der Waals surface area contributed by atoms with Gasteiger partial charge in [-0.25, -0.2) is 0 Å². The van der Waals surface area contributed by atoms with Gasteiger partial charge in [0.1, 0.15) is 5.38 Å². The molecule has 1 aromatic rings. The maximum atomic E-state index is 11.6. The Kier molecular flexibility index (Phi) is 3.23. The van der Waals surface area contributed by atoms with Gasteiger partial charge in [0, 0.05) is 0 Å². The summed E-state index contributed by atoms with van der Waals surface area (Å²) in [6.07, 6.45) is 0. The molecule has 3 nitrogen and oxygen atoms in total. The molecule has 1 aliphatic heterocycles. The molecule has 1 amide bonds. The van der Waals surface area contributed by atoms with Crippen LogP contribution in [0.2, 0.25) is 0 Å². The number of halogens is 1. The van der Waals surface area contributed by atoms with E-state index in [0.29, 0.717) is 13.2 Å². The van der Waals surface area contributed by atoms with Gasteiger partial charge in [-0.3, -0.25) is 4.79 Å². The first-order chi connectivity index (χ1) is 7.27. The van der Waals surface area contributed by atoms with E-state index in [9.17, 15) is 4.79 Å². The van der Waals surface area contributed by atoms with E-state index in [1.807, 2.05) is 30.3 Å². The molecule has 0 aromatic heterocycles. The fourth-order valence-corrected chi connectivity index (χ4v) is 1.58. The van der Waals surface area contributed by atoms with Crippen LogP contribution in [0.1, 0.15) is 10.9 Å². The third-order valence-corrected chi connectivity index (χ3v) is 2.76. The molecular formula is C11H12ClNO2. The van der Waals surface area contributed by atoms with E-state index in [0.717, 1.165) is 5.56 Å². The smallest absolute Gasteiger partial charge is 0.242 e. The molecule has 0 saturated carbocycles. The molecule has 0 spiro atoms. The maximum absolute atomic E-state index is 11.6. The predicted molar refractivity (Wildman–Crippen MR) is 57.8 cm³/mol. The fraction of sp³-hybridized carbons (Fsp3) is 0.364. The first kappa shape index (κ1) is 10.5. The monoisotopic (exact) mass is 225 g/mol. The molecule has 1 aromatic carbocycles. The summed E-state index contributed by atoms with van der Waals surface area (Å²) in [5, 5.41) is 2.20. The highest BCUT2D eigenvalue weighted by Gasteiger charge is 2.24. The molecule has 1 aliphatic rings. The topological polar surface area (TPSA) is 38.3 Å². The van der Waals surface area contributed by atoms with Crippen LogP contribution in [0.5, 0.6) is 0 Å². The van der Waals surface area contributed by atoms with E-state index in [-0.39, 0.29) is 11.9 Å². The first-order valence-corrected chi connectivity index (χ1v) is 5.28. The molecular weight excluding hydrogens is 214 g/mol. The lowest BCUT2D eigenvalue weighted by Crippen LogP contribution is -2.49. The summed E-state index contributed by atoms with van der Waals surface area (Å²) >= 11 is 6.03. The Morgan fingerprint density at radius 3 is 2.60 bits per heavy atom. The second-order valence-corrected chi connectivity index (χ2v) is 3.95. The Labute approximate surface area is 93.4 Å². The molecule has 0 aliphatic carbocycles. The van der Waals surface area contributed by atoms with Gasteiger partial charge in [-0.1, -0.05) is 30.3 Å². The van der Waals surface area contributed by atoms with Gasteiger partial charge in [0.05, 0.1) is 19.3 Å². The number of nitrogens with one attached hydrogen (secondary N) is 1. The van der Waals surface area contributed by atoms with Gasteiger partial charge in [0.2, 0.25) is 5.91 Å². The molecule has 1 saturated heterocycles. The van der Waals surface area contributed by atoms with Crippen LogP contribution in [0.3, 0.4) is 0 Å². The van der Waals surface area contributed by atoms with Crippen molar-refractivity contribution in [3.8, 4) is 0 Å². The van der Waals surface area contributed by atoms with Crippen molar-refractivity contribution in [1.29, 1.82) is 0 Å². The highest BCUT2D eigenvalue weighted by molar-refractivity contribution is 6.30. The van der Waals surface area contributed by atoms with E-state index >= 15 is 0 Å². The summed E-state index contributed by atoms with van der Waals surface area (Å²) in [4.78, 5) is 11.6. The third-order valence-electron chi connectivity index (χ3n) is 2.31. The number of rotatable bonds is 3. The van der Waals surface area contributed by atoms with Crippen molar-refractivity contribution in [1.82, 2.24) is 5.32 Å². The lowest BCUT2D eigenvalue weighted by atomic mass is 10.1. The summed E-state index contributed by atoms with van der Waals surface area (Å²) in [5.41, 5.74) is 0.817. The number of carbonyl (C=O) groups is 1. The molecule has 0 radical (unpaired) electrons. The van der Waals surface area contributed by atoms with Crippen LogP contribution in [-0.2, 0) is 9.53 Å². The molecule has 1 unspecified atom stereocenters. The Morgan fingerprint density at radius 1 is 1.40 bits per heavy atom. The van der Waals surface area contributed by atoms with Crippen LogP contribution in [0.25, 0.3) is 0 Å². The predicted octanol–water partition coefficient (Wildman–Crippen LogP) is 1.48. The van der Waals surface area contributed by atoms with Crippen LogP contribution in [-0.4, -0.2) is 25.2 Å². The molecule has 1 heterocycles. The summed E-state index contributed by atoms with van der Waals surface area (Å²) in [5.74, 6) is -0.156. The lowest BCUT2D eigenvalue weighted by molar-refractivity contribution is -0.125. The van der Waals surface area contributed by atoms with Crippen molar-refractivity contribution in [2.45, 2.75) is 11.4 Å².